The van der Waals surface area contributed by atoms with Crippen molar-refractivity contribution in [1.29, 1.82) is 0 Å². The van der Waals surface area contributed by atoms with Gasteiger partial charge in [-0.15, -0.1) is 0 Å². The van der Waals surface area contributed by atoms with Gasteiger partial charge in [0.2, 0.25) is 5.91 Å². The Morgan fingerprint density at radius 3 is 2.75 bits per heavy atom. The Morgan fingerprint density at radius 2 is 1.96 bits per heavy atom. The summed E-state index contributed by atoms with van der Waals surface area (Å²) >= 11 is 5.89. The lowest BCUT2D eigenvalue weighted by atomic mass is 10.2. The molecule has 0 radical (unpaired) electrons. The van der Waals surface area contributed by atoms with Crippen LogP contribution < -0.4 is 16.0 Å². The highest BCUT2D eigenvalue weighted by atomic mass is 35.5. The Hall–Kier alpha value is -2.73. The van der Waals surface area contributed by atoms with Crippen molar-refractivity contribution in [3.8, 4) is 0 Å². The van der Waals surface area contributed by atoms with E-state index in [0.717, 1.165) is 11.4 Å². The highest BCUT2D eigenvalue weighted by molar-refractivity contribution is 6.30. The Morgan fingerprint density at radius 1 is 1.17 bits per heavy atom. The molecule has 0 unspecified atom stereocenters. The monoisotopic (exact) mass is 343 g/mol. The number of fused-ring (bicyclic) bond motifs is 1. The summed E-state index contributed by atoms with van der Waals surface area (Å²) < 4.78 is 4.97. The van der Waals surface area contributed by atoms with Gasteiger partial charge in [-0.25, -0.2) is 4.79 Å². The second-order valence-electron chi connectivity index (χ2n) is 5.68. The van der Waals surface area contributed by atoms with Crippen molar-refractivity contribution < 1.29 is 9.21 Å². The zero-order valence-electron chi connectivity index (χ0n) is 12.6. The van der Waals surface area contributed by atoms with Crippen LogP contribution in [0.1, 0.15) is 6.42 Å². The molecule has 1 atom stereocenters. The van der Waals surface area contributed by atoms with Crippen molar-refractivity contribution in [2.75, 3.05) is 16.8 Å². The van der Waals surface area contributed by atoms with Crippen LogP contribution in [0.5, 0.6) is 0 Å². The summed E-state index contributed by atoms with van der Waals surface area (Å²) in [6.45, 7) is 0.642. The smallest absolute Gasteiger partial charge is 0.408 e. The predicted octanol–water partition coefficient (Wildman–Crippen LogP) is 2.99. The third-order valence-corrected chi connectivity index (χ3v) is 4.36. The topological polar surface area (TPSA) is 78.3 Å². The molecule has 2 aromatic carbocycles. The maximum Gasteiger partial charge on any atom is 0.417 e. The first-order chi connectivity index (χ1) is 11.6. The number of rotatable bonds is 3. The van der Waals surface area contributed by atoms with Gasteiger partial charge in [0.1, 0.15) is 6.04 Å². The third kappa shape index (κ3) is 2.65. The molecule has 6 nitrogen and oxygen atoms in total. The quantitative estimate of drug-likeness (QED) is 0.766. The van der Waals surface area contributed by atoms with Crippen molar-refractivity contribution in [1.82, 2.24) is 4.98 Å². The third-order valence-electron chi connectivity index (χ3n) is 4.10. The molecule has 0 spiro atoms. The lowest BCUT2D eigenvalue weighted by molar-refractivity contribution is -0.117. The number of hydrogen-bond donors (Lipinski definition) is 2. The molecule has 1 fully saturated rings. The summed E-state index contributed by atoms with van der Waals surface area (Å²) in [6, 6.07) is 12.2. The molecule has 1 aliphatic heterocycles. The Balaban J connectivity index is 1.53. The molecule has 0 bridgehead atoms. The molecule has 1 aromatic heterocycles. The van der Waals surface area contributed by atoms with E-state index in [9.17, 15) is 9.59 Å². The zero-order valence-corrected chi connectivity index (χ0v) is 13.3. The van der Waals surface area contributed by atoms with Crippen LogP contribution >= 0.6 is 11.6 Å². The minimum absolute atomic E-state index is 0.0121. The number of nitrogens with zero attached hydrogens (tertiary/aromatic N) is 1. The van der Waals surface area contributed by atoms with Gasteiger partial charge in [-0.3, -0.25) is 9.78 Å². The van der Waals surface area contributed by atoms with Crippen LogP contribution in [0.25, 0.3) is 11.1 Å². The number of aromatic amines is 1. The first-order valence-corrected chi connectivity index (χ1v) is 7.94. The van der Waals surface area contributed by atoms with Gasteiger partial charge >= 0.3 is 5.76 Å². The van der Waals surface area contributed by atoms with E-state index in [1.54, 1.807) is 35.2 Å². The number of anilines is 2. The van der Waals surface area contributed by atoms with Crippen molar-refractivity contribution >= 4 is 40.0 Å². The van der Waals surface area contributed by atoms with Crippen LogP contribution in [0, 0.1) is 0 Å². The number of nitrogens with one attached hydrogen (secondary N) is 2. The Bertz CT molecular complexity index is 961. The molecule has 0 aliphatic carbocycles. The van der Waals surface area contributed by atoms with Gasteiger partial charge in [0, 0.05) is 22.9 Å². The largest absolute Gasteiger partial charge is 0.417 e. The van der Waals surface area contributed by atoms with Crippen LogP contribution in [0.4, 0.5) is 11.4 Å². The number of carbonyl (C=O) groups excluding carboxylic acids is 1. The molecule has 2 heterocycles. The minimum atomic E-state index is -0.493. The van der Waals surface area contributed by atoms with Gasteiger partial charge in [0.15, 0.2) is 5.58 Å². The lowest BCUT2D eigenvalue weighted by Gasteiger charge is -2.17. The number of amides is 1. The molecule has 4 rings (SSSR count). The molecular formula is C17H14ClN3O3. The molecule has 1 aliphatic rings. The summed E-state index contributed by atoms with van der Waals surface area (Å²) in [5.74, 6) is -0.480. The molecule has 7 heteroatoms. The van der Waals surface area contributed by atoms with E-state index in [1.807, 2.05) is 12.1 Å². The van der Waals surface area contributed by atoms with Gasteiger partial charge in [-0.2, -0.15) is 0 Å². The van der Waals surface area contributed by atoms with Crippen LogP contribution in [-0.2, 0) is 4.79 Å². The number of carbonyl (C=O) groups is 1. The number of benzene rings is 2. The van der Waals surface area contributed by atoms with Crippen LogP contribution in [0.2, 0.25) is 5.02 Å². The predicted molar refractivity (Wildman–Crippen MR) is 92.7 cm³/mol. The maximum atomic E-state index is 12.6. The second kappa shape index (κ2) is 5.72. The highest BCUT2D eigenvalue weighted by Gasteiger charge is 2.32. The minimum Gasteiger partial charge on any atom is -0.408 e. The van der Waals surface area contributed by atoms with Crippen molar-refractivity contribution in [3.05, 3.63) is 58.0 Å². The van der Waals surface area contributed by atoms with Gasteiger partial charge in [0.25, 0.3) is 0 Å². The molecule has 0 saturated carbocycles. The van der Waals surface area contributed by atoms with E-state index >= 15 is 0 Å². The fourth-order valence-electron chi connectivity index (χ4n) is 2.93. The van der Waals surface area contributed by atoms with Crippen molar-refractivity contribution in [2.24, 2.45) is 0 Å². The van der Waals surface area contributed by atoms with Crippen molar-refractivity contribution in [3.63, 3.8) is 0 Å². The number of halogens is 1. The summed E-state index contributed by atoms with van der Waals surface area (Å²) in [7, 11) is 0. The fourth-order valence-corrected chi connectivity index (χ4v) is 3.06. The van der Waals surface area contributed by atoms with E-state index in [0.29, 0.717) is 29.1 Å². The molecule has 122 valence electrons. The summed E-state index contributed by atoms with van der Waals surface area (Å²) in [4.78, 5) is 28.2. The molecular weight excluding hydrogens is 330 g/mol. The normalized spacial score (nSPS) is 17.6. The molecule has 3 aromatic rings. The number of aromatic nitrogens is 1. The summed E-state index contributed by atoms with van der Waals surface area (Å²) in [5.41, 5.74) is 2.69. The van der Waals surface area contributed by atoms with E-state index in [1.165, 1.54) is 0 Å². The van der Waals surface area contributed by atoms with E-state index in [4.69, 9.17) is 16.0 Å². The fraction of sp³-hybridized carbons (Fsp3) is 0.176. The highest BCUT2D eigenvalue weighted by Crippen LogP contribution is 2.26. The number of hydrogen-bond acceptors (Lipinski definition) is 4. The average Bonchev–Trinajstić information content (AvgIpc) is 3.11. The Labute approximate surface area is 142 Å². The SMILES string of the molecule is O=C1[C@H](Nc2ccc3oc(=O)[nH]c3c2)CCN1c1ccc(Cl)cc1. The first kappa shape index (κ1) is 14.8. The van der Waals surface area contributed by atoms with E-state index in [2.05, 4.69) is 10.3 Å². The van der Waals surface area contributed by atoms with E-state index in [-0.39, 0.29) is 11.9 Å². The molecule has 2 N–H and O–H groups in total. The number of oxazole rings is 1. The zero-order chi connectivity index (χ0) is 16.7. The van der Waals surface area contributed by atoms with Gasteiger partial charge < -0.3 is 14.6 Å². The molecule has 24 heavy (non-hydrogen) atoms. The standard InChI is InChI=1S/C17H14ClN3O3/c18-10-1-4-12(5-2-10)21-8-7-13(16(21)22)19-11-3-6-15-14(9-11)20-17(23)24-15/h1-6,9,13,19H,7-8H2,(H,20,23)/t13-/m1/s1. The Kier molecular flexibility index (Phi) is 3.54. The lowest BCUT2D eigenvalue weighted by Crippen LogP contribution is -2.33. The van der Waals surface area contributed by atoms with Crippen LogP contribution in [-0.4, -0.2) is 23.5 Å². The number of H-pyrrole nitrogens is 1. The summed E-state index contributed by atoms with van der Waals surface area (Å²) in [6.07, 6.45) is 0.696. The molecule has 1 saturated heterocycles. The van der Waals surface area contributed by atoms with Crippen molar-refractivity contribution in [2.45, 2.75) is 12.5 Å². The average molecular weight is 344 g/mol. The molecule has 1 amide bonds. The van der Waals surface area contributed by atoms with Crippen LogP contribution in [0.3, 0.4) is 0 Å². The summed E-state index contributed by atoms with van der Waals surface area (Å²) in [5, 5.41) is 3.86. The first-order valence-electron chi connectivity index (χ1n) is 7.56. The van der Waals surface area contributed by atoms with Gasteiger partial charge in [0.05, 0.1) is 5.52 Å². The van der Waals surface area contributed by atoms with Gasteiger partial charge in [-0.05, 0) is 48.9 Å². The van der Waals surface area contributed by atoms with Gasteiger partial charge in [-0.1, -0.05) is 11.6 Å². The maximum absolute atomic E-state index is 12.6. The van der Waals surface area contributed by atoms with E-state index < -0.39 is 5.76 Å². The second-order valence-corrected chi connectivity index (χ2v) is 6.11. The van der Waals surface area contributed by atoms with Crippen LogP contribution in [0.15, 0.2) is 51.7 Å².